The van der Waals surface area contributed by atoms with Crippen LogP contribution in [0.2, 0.25) is 10.0 Å². The molecule has 65 valence electrons. The van der Waals surface area contributed by atoms with Gasteiger partial charge in [0, 0.05) is 15.6 Å². The lowest BCUT2D eigenvalue weighted by atomic mass is 10.2. The number of H-pyrrole nitrogens is 1. The highest BCUT2D eigenvalue weighted by Crippen LogP contribution is 2.24. The van der Waals surface area contributed by atoms with Gasteiger partial charge in [-0.25, -0.2) is 4.98 Å². The fourth-order valence-corrected chi connectivity index (χ4v) is 1.59. The Morgan fingerprint density at radius 2 is 1.85 bits per heavy atom. The minimum Gasteiger partial charge on any atom is -0.337 e. The highest BCUT2D eigenvalue weighted by Gasteiger charge is 2.02. The first-order valence-electron chi connectivity index (χ1n) is 3.63. The lowest BCUT2D eigenvalue weighted by Gasteiger charge is -1.98. The molecule has 1 N–H and O–H groups in total. The Bertz CT molecular complexity index is 389. The molecule has 0 aliphatic carbocycles. The molecule has 0 fully saturated rings. The fraction of sp³-hybridized carbons (Fsp3) is 0. The molecule has 1 heterocycles. The molecule has 0 aliphatic heterocycles. The number of benzene rings is 1. The van der Waals surface area contributed by atoms with Crippen molar-refractivity contribution in [2.75, 3.05) is 0 Å². The van der Waals surface area contributed by atoms with Gasteiger partial charge in [-0.15, -0.1) is 0 Å². The van der Waals surface area contributed by atoms with E-state index in [1.165, 1.54) is 0 Å². The van der Waals surface area contributed by atoms with Crippen LogP contribution < -0.4 is 0 Å². The van der Waals surface area contributed by atoms with Gasteiger partial charge in [-0.2, -0.15) is 0 Å². The molecule has 0 atom stereocenters. The summed E-state index contributed by atoms with van der Waals surface area (Å²) in [5.74, 6) is 0.712. The molecule has 0 aliphatic rings. The molecule has 0 amide bonds. The fourth-order valence-electron chi connectivity index (χ4n) is 1.07. The van der Waals surface area contributed by atoms with E-state index >= 15 is 0 Å². The third-order valence-corrected chi connectivity index (χ3v) is 2.02. The van der Waals surface area contributed by atoms with E-state index in [1.54, 1.807) is 24.4 Å². The van der Waals surface area contributed by atoms with Crippen LogP contribution in [0.3, 0.4) is 0 Å². The maximum Gasteiger partial charge on any atom is 0.137 e. The summed E-state index contributed by atoms with van der Waals surface area (Å²) >= 11 is 11.7. The van der Waals surface area contributed by atoms with Crippen molar-refractivity contribution in [3.8, 4) is 11.4 Å². The number of aromatic nitrogens is 2. The number of hydrogen-bond donors (Lipinski definition) is 1. The summed E-state index contributed by atoms with van der Waals surface area (Å²) in [5.41, 5.74) is 0.860. The highest BCUT2D eigenvalue weighted by atomic mass is 35.5. The summed E-state index contributed by atoms with van der Waals surface area (Å²) in [7, 11) is 0. The number of imidazole rings is 1. The Morgan fingerprint density at radius 1 is 1.15 bits per heavy atom. The van der Waals surface area contributed by atoms with E-state index in [0.29, 0.717) is 15.9 Å². The molecule has 2 aromatic rings. The maximum absolute atomic E-state index is 5.83. The smallest absolute Gasteiger partial charge is 0.137 e. The number of nitrogens with one attached hydrogen (secondary N) is 1. The van der Waals surface area contributed by atoms with Gasteiger partial charge in [0.05, 0.1) is 12.4 Å². The van der Waals surface area contributed by atoms with E-state index in [4.69, 9.17) is 23.2 Å². The SMILES string of the molecule is Clc1cc(Cl)cc(-c2nc[c][nH]2)c1. The molecule has 0 saturated heterocycles. The Kier molecular flexibility index (Phi) is 2.25. The predicted molar refractivity (Wildman–Crippen MR) is 52.9 cm³/mol. The normalized spacial score (nSPS) is 10.3. The van der Waals surface area contributed by atoms with Crippen molar-refractivity contribution in [3.63, 3.8) is 0 Å². The van der Waals surface area contributed by atoms with E-state index in [-0.39, 0.29) is 0 Å². The second-order valence-corrected chi connectivity index (χ2v) is 3.41. The molecule has 0 unspecified atom stereocenters. The second kappa shape index (κ2) is 3.40. The van der Waals surface area contributed by atoms with Gasteiger partial charge in [0.15, 0.2) is 0 Å². The van der Waals surface area contributed by atoms with Crippen molar-refractivity contribution in [1.29, 1.82) is 0 Å². The van der Waals surface area contributed by atoms with Gasteiger partial charge in [0.25, 0.3) is 0 Å². The zero-order valence-corrected chi connectivity index (χ0v) is 8.02. The van der Waals surface area contributed by atoms with Crippen molar-refractivity contribution in [2.45, 2.75) is 0 Å². The molecule has 2 nitrogen and oxygen atoms in total. The molecule has 2 rings (SSSR count). The van der Waals surface area contributed by atoms with Crippen LogP contribution in [-0.2, 0) is 0 Å². The average Bonchev–Trinajstić information content (AvgIpc) is 2.53. The molecule has 0 bridgehead atoms. The van der Waals surface area contributed by atoms with Crippen LogP contribution >= 0.6 is 23.2 Å². The summed E-state index contributed by atoms with van der Waals surface area (Å²) in [6, 6.07) is 5.26. The van der Waals surface area contributed by atoms with Gasteiger partial charge in [-0.05, 0) is 18.2 Å². The third kappa shape index (κ3) is 1.85. The number of halogens is 2. The van der Waals surface area contributed by atoms with Crippen molar-refractivity contribution in [2.24, 2.45) is 0 Å². The molecule has 13 heavy (non-hydrogen) atoms. The Balaban J connectivity index is 2.53. The van der Waals surface area contributed by atoms with E-state index in [9.17, 15) is 0 Å². The number of aromatic amines is 1. The molecule has 0 saturated carbocycles. The van der Waals surface area contributed by atoms with Crippen LogP contribution in [-0.4, -0.2) is 9.97 Å². The predicted octanol–water partition coefficient (Wildman–Crippen LogP) is 3.18. The standard InChI is InChI=1S/C9H5Cl2N2/c10-7-3-6(4-8(11)5-7)9-12-1-2-13-9/h1,3-5H,(H,12,13). The minimum absolute atomic E-state index is 0.596. The lowest BCUT2D eigenvalue weighted by molar-refractivity contribution is 1.31. The van der Waals surface area contributed by atoms with E-state index in [2.05, 4.69) is 16.2 Å². The van der Waals surface area contributed by atoms with Crippen LogP contribution in [0.5, 0.6) is 0 Å². The van der Waals surface area contributed by atoms with Crippen LogP contribution in [0.15, 0.2) is 24.4 Å². The summed E-state index contributed by atoms with van der Waals surface area (Å²) in [4.78, 5) is 6.89. The van der Waals surface area contributed by atoms with Gasteiger partial charge < -0.3 is 4.98 Å². The lowest BCUT2D eigenvalue weighted by Crippen LogP contribution is -1.80. The molecular weight excluding hydrogens is 207 g/mol. The third-order valence-electron chi connectivity index (χ3n) is 1.58. The zero-order valence-electron chi connectivity index (χ0n) is 6.51. The summed E-state index contributed by atoms with van der Waals surface area (Å²) in [5, 5.41) is 1.19. The van der Waals surface area contributed by atoms with Crippen LogP contribution in [0.4, 0.5) is 0 Å². The summed E-state index contributed by atoms with van der Waals surface area (Å²) < 4.78 is 0. The van der Waals surface area contributed by atoms with Crippen molar-refractivity contribution in [3.05, 3.63) is 40.6 Å². The molecule has 1 aromatic carbocycles. The Labute approximate surface area is 85.5 Å². The van der Waals surface area contributed by atoms with Crippen molar-refractivity contribution >= 4 is 23.2 Å². The molecule has 1 radical (unpaired) electrons. The monoisotopic (exact) mass is 211 g/mol. The van der Waals surface area contributed by atoms with Gasteiger partial charge >= 0.3 is 0 Å². The number of hydrogen-bond acceptors (Lipinski definition) is 1. The van der Waals surface area contributed by atoms with Gasteiger partial charge in [0.1, 0.15) is 5.82 Å². The Morgan fingerprint density at radius 3 is 2.38 bits per heavy atom. The number of rotatable bonds is 1. The van der Waals surface area contributed by atoms with Gasteiger partial charge in [-0.1, -0.05) is 23.2 Å². The molecule has 1 aromatic heterocycles. The first kappa shape index (κ1) is 8.60. The first-order valence-corrected chi connectivity index (χ1v) is 4.39. The quantitative estimate of drug-likeness (QED) is 0.772. The molecule has 4 heteroatoms. The topological polar surface area (TPSA) is 28.7 Å². The van der Waals surface area contributed by atoms with Gasteiger partial charge in [0.2, 0.25) is 0 Å². The van der Waals surface area contributed by atoms with Crippen LogP contribution in [0, 0.1) is 6.20 Å². The van der Waals surface area contributed by atoms with E-state index in [0.717, 1.165) is 5.56 Å². The highest BCUT2D eigenvalue weighted by molar-refractivity contribution is 6.35. The van der Waals surface area contributed by atoms with Crippen molar-refractivity contribution in [1.82, 2.24) is 9.97 Å². The van der Waals surface area contributed by atoms with E-state index in [1.807, 2.05) is 0 Å². The summed E-state index contributed by atoms with van der Waals surface area (Å²) in [6.45, 7) is 0. The van der Waals surface area contributed by atoms with E-state index < -0.39 is 0 Å². The van der Waals surface area contributed by atoms with Crippen LogP contribution in [0.25, 0.3) is 11.4 Å². The minimum atomic E-state index is 0.596. The molecule has 0 spiro atoms. The zero-order chi connectivity index (χ0) is 9.26. The average molecular weight is 212 g/mol. The Hall–Kier alpha value is -0.990. The van der Waals surface area contributed by atoms with Crippen molar-refractivity contribution < 1.29 is 0 Å². The maximum atomic E-state index is 5.83. The van der Waals surface area contributed by atoms with Crippen LogP contribution in [0.1, 0.15) is 0 Å². The largest absolute Gasteiger partial charge is 0.337 e. The molecular formula is C9H5Cl2N2. The second-order valence-electron chi connectivity index (χ2n) is 2.53. The number of nitrogens with zero attached hydrogens (tertiary/aromatic N) is 1. The first-order chi connectivity index (χ1) is 6.25. The summed E-state index contributed by atoms with van der Waals surface area (Å²) in [6.07, 6.45) is 4.30. The van der Waals surface area contributed by atoms with Gasteiger partial charge in [-0.3, -0.25) is 0 Å².